The molecule has 0 amide bonds. The first-order valence-corrected chi connectivity index (χ1v) is 5.34. The standard InChI is InChI=1S/C6H12O6S/c1-2-10-6(7)12-5-3-4-11-13(5,8)9/h5,8-9H,2-4H2,1H3. The minimum atomic E-state index is -3.22. The number of hydrogen-bond acceptors (Lipinski definition) is 6. The Morgan fingerprint density at radius 1 is 1.69 bits per heavy atom. The molecule has 6 nitrogen and oxygen atoms in total. The van der Waals surface area contributed by atoms with Crippen molar-refractivity contribution >= 4 is 17.0 Å². The van der Waals surface area contributed by atoms with Crippen LogP contribution in [0.1, 0.15) is 13.3 Å². The van der Waals surface area contributed by atoms with Gasteiger partial charge in [0.15, 0.2) is 0 Å². The van der Waals surface area contributed by atoms with Gasteiger partial charge in [0.1, 0.15) is 10.9 Å². The summed E-state index contributed by atoms with van der Waals surface area (Å²) in [5, 5.41) is 0. The molecule has 0 aromatic carbocycles. The number of ether oxygens (including phenoxy) is 2. The lowest BCUT2D eigenvalue weighted by Gasteiger charge is -2.25. The van der Waals surface area contributed by atoms with Gasteiger partial charge in [0.05, 0.1) is 13.2 Å². The molecule has 7 heteroatoms. The Bertz CT molecular complexity index is 194. The van der Waals surface area contributed by atoms with Gasteiger partial charge >= 0.3 is 6.16 Å². The smallest absolute Gasteiger partial charge is 0.435 e. The van der Waals surface area contributed by atoms with E-state index in [0.29, 0.717) is 0 Å². The minimum Gasteiger partial charge on any atom is -0.435 e. The van der Waals surface area contributed by atoms with Crippen LogP contribution in [-0.2, 0) is 13.7 Å². The quantitative estimate of drug-likeness (QED) is 0.676. The maximum atomic E-state index is 10.8. The lowest BCUT2D eigenvalue weighted by Crippen LogP contribution is -2.21. The number of rotatable bonds is 2. The van der Waals surface area contributed by atoms with Crippen LogP contribution in [0.25, 0.3) is 0 Å². The molecular formula is C6H12O6S. The van der Waals surface area contributed by atoms with Crippen LogP contribution < -0.4 is 0 Å². The highest BCUT2D eigenvalue weighted by molar-refractivity contribution is 8.20. The van der Waals surface area contributed by atoms with Crippen LogP contribution in [0.2, 0.25) is 0 Å². The summed E-state index contributed by atoms with van der Waals surface area (Å²) in [6.45, 7) is 1.99. The van der Waals surface area contributed by atoms with E-state index in [2.05, 4.69) is 13.7 Å². The summed E-state index contributed by atoms with van der Waals surface area (Å²) < 4.78 is 32.0. The second-order valence-corrected chi connectivity index (χ2v) is 4.22. The average molecular weight is 212 g/mol. The lowest BCUT2D eigenvalue weighted by atomic mass is 10.5. The molecule has 1 aliphatic heterocycles. The van der Waals surface area contributed by atoms with Crippen LogP contribution in [0.5, 0.6) is 0 Å². The third-order valence-electron chi connectivity index (χ3n) is 1.44. The Labute approximate surface area is 77.3 Å². The van der Waals surface area contributed by atoms with Crippen molar-refractivity contribution in [1.29, 1.82) is 0 Å². The van der Waals surface area contributed by atoms with E-state index in [1.807, 2.05) is 0 Å². The van der Waals surface area contributed by atoms with E-state index in [-0.39, 0.29) is 19.6 Å². The maximum absolute atomic E-state index is 10.8. The van der Waals surface area contributed by atoms with Gasteiger partial charge in [-0.2, -0.15) is 0 Å². The van der Waals surface area contributed by atoms with Gasteiger partial charge in [-0.15, -0.1) is 0 Å². The molecule has 78 valence electrons. The first-order valence-electron chi connectivity index (χ1n) is 3.81. The number of hydrogen-bond donors (Lipinski definition) is 2. The summed E-state index contributed by atoms with van der Waals surface area (Å²) in [4.78, 5) is 10.8. The first kappa shape index (κ1) is 10.6. The molecular weight excluding hydrogens is 200 g/mol. The number of carbonyl (C=O) groups is 1. The van der Waals surface area contributed by atoms with Gasteiger partial charge in [0.25, 0.3) is 0 Å². The van der Waals surface area contributed by atoms with Crippen molar-refractivity contribution in [3.05, 3.63) is 0 Å². The Hall–Kier alpha value is -0.500. The topological polar surface area (TPSA) is 85.2 Å². The molecule has 0 radical (unpaired) electrons. The molecule has 13 heavy (non-hydrogen) atoms. The summed E-state index contributed by atoms with van der Waals surface area (Å²) in [5.74, 6) is 0. The van der Waals surface area contributed by atoms with Gasteiger partial charge in [-0.25, -0.2) is 4.79 Å². The van der Waals surface area contributed by atoms with E-state index < -0.39 is 22.5 Å². The minimum absolute atomic E-state index is 0.173. The molecule has 0 saturated carbocycles. The monoisotopic (exact) mass is 212 g/mol. The highest BCUT2D eigenvalue weighted by Gasteiger charge is 2.40. The summed E-state index contributed by atoms with van der Waals surface area (Å²) in [5.41, 5.74) is -0.994. The Morgan fingerprint density at radius 2 is 2.38 bits per heavy atom. The van der Waals surface area contributed by atoms with Crippen molar-refractivity contribution in [3.63, 3.8) is 0 Å². The fourth-order valence-electron chi connectivity index (χ4n) is 0.877. The summed E-state index contributed by atoms with van der Waals surface area (Å²) in [7, 11) is -3.22. The normalized spacial score (nSPS) is 28.1. The predicted octanol–water partition coefficient (Wildman–Crippen LogP) is 1.57. The van der Waals surface area contributed by atoms with Gasteiger partial charge in [0, 0.05) is 6.42 Å². The van der Waals surface area contributed by atoms with Crippen molar-refractivity contribution in [2.24, 2.45) is 0 Å². The third kappa shape index (κ3) is 2.73. The van der Waals surface area contributed by atoms with E-state index in [4.69, 9.17) is 9.11 Å². The third-order valence-corrected chi connectivity index (χ3v) is 2.97. The zero-order chi connectivity index (χ0) is 9.90. The summed E-state index contributed by atoms with van der Waals surface area (Å²) in [6.07, 6.45) is -0.626. The molecule has 0 aliphatic carbocycles. The van der Waals surface area contributed by atoms with E-state index in [1.165, 1.54) is 0 Å². The van der Waals surface area contributed by atoms with Crippen LogP contribution in [0, 0.1) is 0 Å². The molecule has 1 saturated heterocycles. The molecule has 1 fully saturated rings. The van der Waals surface area contributed by atoms with E-state index >= 15 is 0 Å². The Kier molecular flexibility index (Phi) is 3.37. The molecule has 0 aromatic rings. The highest BCUT2D eigenvalue weighted by atomic mass is 32.3. The predicted molar refractivity (Wildman–Crippen MR) is 45.3 cm³/mol. The molecule has 0 aromatic heterocycles. The van der Waals surface area contributed by atoms with Gasteiger partial charge in [-0.1, -0.05) is 0 Å². The van der Waals surface area contributed by atoms with Gasteiger partial charge < -0.3 is 18.6 Å². The molecule has 1 rings (SSSR count). The fourth-order valence-corrected chi connectivity index (χ4v) is 1.98. The fraction of sp³-hybridized carbons (Fsp3) is 0.833. The summed E-state index contributed by atoms with van der Waals surface area (Å²) in [6, 6.07) is 0. The molecule has 2 N–H and O–H groups in total. The first-order chi connectivity index (χ1) is 6.06. The maximum Gasteiger partial charge on any atom is 0.509 e. The van der Waals surface area contributed by atoms with Gasteiger partial charge in [0.2, 0.25) is 5.44 Å². The van der Waals surface area contributed by atoms with Crippen molar-refractivity contribution in [1.82, 2.24) is 0 Å². The zero-order valence-corrected chi connectivity index (χ0v) is 7.95. The van der Waals surface area contributed by atoms with Crippen LogP contribution in [0.4, 0.5) is 4.79 Å². The van der Waals surface area contributed by atoms with Crippen LogP contribution in [0.3, 0.4) is 0 Å². The molecule has 1 unspecified atom stereocenters. The van der Waals surface area contributed by atoms with Crippen molar-refractivity contribution in [2.75, 3.05) is 13.2 Å². The molecule has 0 bridgehead atoms. The van der Waals surface area contributed by atoms with Gasteiger partial charge in [-0.3, -0.25) is 4.18 Å². The zero-order valence-electron chi connectivity index (χ0n) is 7.13. The van der Waals surface area contributed by atoms with Gasteiger partial charge in [-0.05, 0) is 6.92 Å². The van der Waals surface area contributed by atoms with E-state index in [1.54, 1.807) is 6.92 Å². The molecule has 1 aliphatic rings. The second-order valence-electron chi connectivity index (χ2n) is 2.38. The largest absolute Gasteiger partial charge is 0.509 e. The van der Waals surface area contributed by atoms with Crippen molar-refractivity contribution in [3.8, 4) is 0 Å². The van der Waals surface area contributed by atoms with Crippen LogP contribution in [0.15, 0.2) is 0 Å². The Morgan fingerprint density at radius 3 is 2.85 bits per heavy atom. The van der Waals surface area contributed by atoms with Crippen molar-refractivity contribution in [2.45, 2.75) is 18.8 Å². The van der Waals surface area contributed by atoms with Crippen LogP contribution in [-0.4, -0.2) is 33.9 Å². The average Bonchev–Trinajstić information content (AvgIpc) is 2.31. The van der Waals surface area contributed by atoms with E-state index in [0.717, 1.165) is 0 Å². The molecule has 1 heterocycles. The number of carbonyl (C=O) groups excluding carboxylic acids is 1. The molecule has 0 spiro atoms. The lowest BCUT2D eigenvalue weighted by molar-refractivity contribution is 0.0469. The Balaban J connectivity index is 2.40. The van der Waals surface area contributed by atoms with Crippen molar-refractivity contribution < 1.29 is 27.6 Å². The molecule has 1 atom stereocenters. The summed E-state index contributed by atoms with van der Waals surface area (Å²) >= 11 is 0. The van der Waals surface area contributed by atoms with E-state index in [9.17, 15) is 4.79 Å². The highest BCUT2D eigenvalue weighted by Crippen LogP contribution is 2.52. The second kappa shape index (κ2) is 4.14. The van der Waals surface area contributed by atoms with Crippen LogP contribution >= 0.6 is 10.9 Å². The SMILES string of the molecule is CCOC(=O)OC1CCOS1(O)O.